The van der Waals surface area contributed by atoms with Crippen molar-refractivity contribution in [3.8, 4) is 0 Å². The Bertz CT molecular complexity index is 1240. The predicted molar refractivity (Wildman–Crippen MR) is 132 cm³/mol. The Labute approximate surface area is 213 Å². The molecular formula is C26H26Cl2FN3O3. The maximum atomic E-state index is 15.6. The van der Waals surface area contributed by atoms with Gasteiger partial charge in [0.1, 0.15) is 17.0 Å². The molecule has 3 atom stereocenters. The number of nitrogens with one attached hydrogen (secondary N) is 2. The van der Waals surface area contributed by atoms with Gasteiger partial charge in [-0.25, -0.2) is 4.39 Å². The molecule has 2 saturated heterocycles. The van der Waals surface area contributed by atoms with Crippen LogP contribution >= 0.6 is 23.2 Å². The number of fused-ring (bicyclic) bond motifs is 3. The lowest BCUT2D eigenvalue weighted by molar-refractivity contribution is -0.132. The van der Waals surface area contributed by atoms with Gasteiger partial charge in [-0.1, -0.05) is 48.3 Å². The third-order valence-electron chi connectivity index (χ3n) is 8.07. The third kappa shape index (κ3) is 3.35. The Morgan fingerprint density at radius 3 is 2.54 bits per heavy atom. The lowest BCUT2D eigenvalue weighted by Crippen LogP contribution is -2.64. The molecule has 2 spiro atoms. The average Bonchev–Trinajstić information content (AvgIpc) is 3.28. The molecule has 2 N–H and O–H groups in total. The lowest BCUT2D eigenvalue weighted by Gasteiger charge is -2.49. The molecule has 9 heteroatoms. The number of likely N-dealkylation sites (tertiary alicyclic amines) is 1. The minimum absolute atomic E-state index is 0.0476. The highest BCUT2D eigenvalue weighted by Crippen LogP contribution is 2.62. The molecule has 5 rings (SSSR count). The van der Waals surface area contributed by atoms with Gasteiger partial charge in [0.05, 0.1) is 11.1 Å². The number of halogens is 3. The van der Waals surface area contributed by atoms with E-state index in [1.807, 2.05) is 0 Å². The zero-order valence-corrected chi connectivity index (χ0v) is 21.0. The van der Waals surface area contributed by atoms with Crippen LogP contribution in [0, 0.1) is 5.82 Å². The fraction of sp³-hybridized carbons (Fsp3) is 0.423. The van der Waals surface area contributed by atoms with Crippen molar-refractivity contribution in [1.82, 2.24) is 10.2 Å². The number of anilines is 1. The number of amides is 2. The summed E-state index contributed by atoms with van der Waals surface area (Å²) in [6.07, 6.45) is 1.07. The SMILES string of the molecule is CCC(=O)[C@@H]1NC2(CCN(C(C)=O)CC2)[C@@]2(C(=O)Nc3cc(Cl)ccc32)[C@H]1c1cccc(Cl)c1F. The highest BCUT2D eigenvalue weighted by Gasteiger charge is 2.72. The van der Waals surface area contributed by atoms with Crippen LogP contribution in [-0.4, -0.2) is 47.2 Å². The van der Waals surface area contributed by atoms with Gasteiger partial charge in [0.15, 0.2) is 0 Å². The zero-order valence-electron chi connectivity index (χ0n) is 19.5. The number of Topliss-reactive ketones (excluding diaryl/α,β-unsaturated/α-hetero) is 1. The minimum Gasteiger partial charge on any atom is -0.343 e. The van der Waals surface area contributed by atoms with E-state index in [4.69, 9.17) is 23.2 Å². The molecule has 0 bridgehead atoms. The highest BCUT2D eigenvalue weighted by molar-refractivity contribution is 6.31. The molecular weight excluding hydrogens is 492 g/mol. The van der Waals surface area contributed by atoms with Crippen molar-refractivity contribution in [1.29, 1.82) is 0 Å². The molecule has 0 aromatic heterocycles. The number of hydrogen-bond donors (Lipinski definition) is 2. The second kappa shape index (κ2) is 8.57. The van der Waals surface area contributed by atoms with Crippen molar-refractivity contribution < 1.29 is 18.8 Å². The van der Waals surface area contributed by atoms with Gasteiger partial charge in [0, 0.05) is 48.6 Å². The number of piperidine rings is 1. The van der Waals surface area contributed by atoms with Crippen molar-refractivity contribution in [2.45, 2.75) is 56.0 Å². The van der Waals surface area contributed by atoms with E-state index in [1.54, 1.807) is 42.2 Å². The van der Waals surface area contributed by atoms with E-state index in [0.29, 0.717) is 42.2 Å². The molecule has 35 heavy (non-hydrogen) atoms. The molecule has 0 aliphatic carbocycles. The van der Waals surface area contributed by atoms with Crippen LogP contribution in [0.1, 0.15) is 50.2 Å². The first kappa shape index (κ1) is 24.2. The van der Waals surface area contributed by atoms with Crippen molar-refractivity contribution in [2.24, 2.45) is 0 Å². The number of carbonyl (C=O) groups is 3. The van der Waals surface area contributed by atoms with Crippen LogP contribution in [0.15, 0.2) is 36.4 Å². The van der Waals surface area contributed by atoms with Gasteiger partial charge in [-0.3, -0.25) is 19.7 Å². The molecule has 2 aromatic carbocycles. The van der Waals surface area contributed by atoms with Crippen LogP contribution in [-0.2, 0) is 19.8 Å². The standard InChI is InChI=1S/C26H26Cl2FN3O3/c1-3-20(34)23-21(16-5-4-6-18(28)22(16)29)26(17-8-7-15(27)13-19(17)30-24(26)35)25(31-23)9-11-32(12-10-25)14(2)33/h4-8,13,21,23,31H,3,9-12H2,1-2H3,(H,30,35)/t21-,23-,26+/m0/s1. The number of benzene rings is 2. The Morgan fingerprint density at radius 2 is 1.89 bits per heavy atom. The first-order valence-corrected chi connectivity index (χ1v) is 12.5. The third-order valence-corrected chi connectivity index (χ3v) is 8.60. The van der Waals surface area contributed by atoms with E-state index in [9.17, 15) is 14.4 Å². The van der Waals surface area contributed by atoms with E-state index >= 15 is 4.39 Å². The molecule has 2 fully saturated rings. The van der Waals surface area contributed by atoms with Crippen molar-refractivity contribution in [3.05, 3.63) is 63.4 Å². The summed E-state index contributed by atoms with van der Waals surface area (Å²) in [5.41, 5.74) is -0.754. The molecule has 2 aromatic rings. The molecule has 3 heterocycles. The summed E-state index contributed by atoms with van der Waals surface area (Å²) in [6.45, 7) is 4.10. The van der Waals surface area contributed by atoms with Gasteiger partial charge >= 0.3 is 0 Å². The number of nitrogens with zero attached hydrogens (tertiary/aromatic N) is 1. The molecule has 2 amide bonds. The Kier molecular flexibility index (Phi) is 5.93. The molecule has 3 aliphatic heterocycles. The monoisotopic (exact) mass is 517 g/mol. The largest absolute Gasteiger partial charge is 0.343 e. The van der Waals surface area contributed by atoms with Gasteiger partial charge in [0.2, 0.25) is 11.8 Å². The summed E-state index contributed by atoms with van der Waals surface area (Å²) < 4.78 is 15.6. The normalized spacial score (nSPS) is 26.8. The maximum absolute atomic E-state index is 15.6. The van der Waals surface area contributed by atoms with E-state index in [2.05, 4.69) is 10.6 Å². The molecule has 184 valence electrons. The van der Waals surface area contributed by atoms with Gasteiger partial charge in [-0.15, -0.1) is 0 Å². The number of carbonyl (C=O) groups excluding carboxylic acids is 3. The van der Waals surface area contributed by atoms with E-state index in [0.717, 1.165) is 0 Å². The van der Waals surface area contributed by atoms with Crippen LogP contribution in [0.3, 0.4) is 0 Å². The van der Waals surface area contributed by atoms with Gasteiger partial charge < -0.3 is 10.2 Å². The van der Waals surface area contributed by atoms with E-state index < -0.39 is 28.7 Å². The van der Waals surface area contributed by atoms with Crippen molar-refractivity contribution in [3.63, 3.8) is 0 Å². The van der Waals surface area contributed by atoms with Crippen LogP contribution in [0.5, 0.6) is 0 Å². The summed E-state index contributed by atoms with van der Waals surface area (Å²) in [4.78, 5) is 41.4. The van der Waals surface area contributed by atoms with Gasteiger partial charge in [0.25, 0.3) is 0 Å². The molecule has 6 nitrogen and oxygen atoms in total. The molecule has 0 unspecified atom stereocenters. The second-order valence-corrected chi connectivity index (χ2v) is 10.4. The van der Waals surface area contributed by atoms with Crippen LogP contribution in [0.2, 0.25) is 10.0 Å². The zero-order chi connectivity index (χ0) is 25.1. The molecule has 0 radical (unpaired) electrons. The Balaban J connectivity index is 1.80. The predicted octanol–water partition coefficient (Wildman–Crippen LogP) is 4.44. The van der Waals surface area contributed by atoms with Crippen LogP contribution in [0.4, 0.5) is 10.1 Å². The summed E-state index contributed by atoms with van der Waals surface area (Å²) in [6, 6.07) is 9.07. The minimum atomic E-state index is -1.31. The van der Waals surface area contributed by atoms with E-state index in [-0.39, 0.29) is 34.6 Å². The number of ketones is 1. The van der Waals surface area contributed by atoms with Crippen molar-refractivity contribution in [2.75, 3.05) is 18.4 Å². The first-order chi connectivity index (χ1) is 16.7. The Hall–Kier alpha value is -2.48. The fourth-order valence-corrected chi connectivity index (χ4v) is 6.89. The smallest absolute Gasteiger partial charge is 0.237 e. The average molecular weight is 518 g/mol. The summed E-state index contributed by atoms with van der Waals surface area (Å²) >= 11 is 12.5. The second-order valence-electron chi connectivity index (χ2n) is 9.60. The number of hydrogen-bond acceptors (Lipinski definition) is 4. The lowest BCUT2D eigenvalue weighted by atomic mass is 9.56. The molecule has 3 aliphatic rings. The van der Waals surface area contributed by atoms with Crippen molar-refractivity contribution >= 4 is 46.5 Å². The summed E-state index contributed by atoms with van der Waals surface area (Å²) in [5.74, 6) is -1.96. The van der Waals surface area contributed by atoms with E-state index in [1.165, 1.54) is 13.0 Å². The summed E-state index contributed by atoms with van der Waals surface area (Å²) in [7, 11) is 0. The van der Waals surface area contributed by atoms with Gasteiger partial charge in [-0.2, -0.15) is 0 Å². The van der Waals surface area contributed by atoms with Crippen LogP contribution in [0.25, 0.3) is 0 Å². The van der Waals surface area contributed by atoms with Gasteiger partial charge in [-0.05, 0) is 42.2 Å². The fourth-order valence-electron chi connectivity index (χ4n) is 6.54. The quantitative estimate of drug-likeness (QED) is 0.630. The Morgan fingerprint density at radius 1 is 1.17 bits per heavy atom. The van der Waals surface area contributed by atoms with Crippen LogP contribution < -0.4 is 10.6 Å². The number of rotatable bonds is 3. The maximum Gasteiger partial charge on any atom is 0.237 e. The first-order valence-electron chi connectivity index (χ1n) is 11.8. The highest BCUT2D eigenvalue weighted by atomic mass is 35.5. The molecule has 0 saturated carbocycles. The topological polar surface area (TPSA) is 78.5 Å². The summed E-state index contributed by atoms with van der Waals surface area (Å²) in [5, 5.41) is 6.91.